The van der Waals surface area contributed by atoms with Gasteiger partial charge in [0.15, 0.2) is 5.76 Å². The number of benzene rings is 1. The SMILES string of the molecule is Cc1nc(C)c(C(=O)C2=C(O)C(=O)N(CCCN3CCOCC3)[C@H]2c2cccc(Br)c2)s1. The van der Waals surface area contributed by atoms with Crippen molar-refractivity contribution in [3.05, 3.63) is 61.2 Å². The topological polar surface area (TPSA) is 83.0 Å². The van der Waals surface area contributed by atoms with Crippen LogP contribution in [0.3, 0.4) is 0 Å². The Labute approximate surface area is 199 Å². The van der Waals surface area contributed by atoms with Gasteiger partial charge in [0.2, 0.25) is 5.78 Å². The Balaban J connectivity index is 1.64. The molecule has 1 amide bonds. The molecule has 7 nitrogen and oxygen atoms in total. The fraction of sp³-hybridized carbons (Fsp3) is 0.435. The summed E-state index contributed by atoms with van der Waals surface area (Å²) in [6.45, 7) is 8.08. The van der Waals surface area contributed by atoms with Crippen molar-refractivity contribution in [1.82, 2.24) is 14.8 Å². The number of amides is 1. The number of hydrogen-bond donors (Lipinski definition) is 1. The molecule has 1 atom stereocenters. The first-order valence-electron chi connectivity index (χ1n) is 10.6. The lowest BCUT2D eigenvalue weighted by atomic mass is 9.95. The minimum atomic E-state index is -0.640. The number of ether oxygens (including phenoxy) is 1. The zero-order valence-corrected chi connectivity index (χ0v) is 20.5. The van der Waals surface area contributed by atoms with E-state index in [1.807, 2.05) is 31.2 Å². The van der Waals surface area contributed by atoms with E-state index in [4.69, 9.17) is 4.74 Å². The molecule has 0 bridgehead atoms. The fourth-order valence-electron chi connectivity index (χ4n) is 4.29. The molecule has 0 saturated carbocycles. The lowest BCUT2D eigenvalue weighted by Crippen LogP contribution is -2.39. The number of aromatic nitrogens is 1. The highest BCUT2D eigenvalue weighted by Crippen LogP contribution is 2.40. The molecule has 4 rings (SSSR count). The summed E-state index contributed by atoms with van der Waals surface area (Å²) in [5.74, 6) is -1.30. The number of aryl methyl sites for hydroxylation is 2. The third-order valence-electron chi connectivity index (χ3n) is 5.80. The van der Waals surface area contributed by atoms with Crippen molar-refractivity contribution in [3.8, 4) is 0 Å². The molecule has 2 aliphatic rings. The van der Waals surface area contributed by atoms with Gasteiger partial charge in [0.25, 0.3) is 5.91 Å². The normalized spacial score (nSPS) is 19.8. The number of hydrogen-bond acceptors (Lipinski definition) is 7. The van der Waals surface area contributed by atoms with Crippen LogP contribution in [0.5, 0.6) is 0 Å². The number of carbonyl (C=O) groups excluding carboxylic acids is 2. The summed E-state index contributed by atoms with van der Waals surface area (Å²) in [7, 11) is 0. The summed E-state index contributed by atoms with van der Waals surface area (Å²) in [4.78, 5) is 35.4. The van der Waals surface area contributed by atoms with Crippen LogP contribution in [0.2, 0.25) is 0 Å². The second-order valence-electron chi connectivity index (χ2n) is 8.00. The molecular formula is C23H26BrN3O4S. The Morgan fingerprint density at radius 3 is 2.69 bits per heavy atom. The molecule has 2 aromatic rings. The van der Waals surface area contributed by atoms with E-state index >= 15 is 0 Å². The van der Waals surface area contributed by atoms with Crippen LogP contribution in [-0.4, -0.2) is 71.0 Å². The van der Waals surface area contributed by atoms with Crippen LogP contribution in [0, 0.1) is 13.8 Å². The smallest absolute Gasteiger partial charge is 0.290 e. The summed E-state index contributed by atoms with van der Waals surface area (Å²) >= 11 is 4.77. The number of nitrogens with zero attached hydrogens (tertiary/aromatic N) is 3. The quantitative estimate of drug-likeness (QED) is 0.559. The second kappa shape index (κ2) is 9.82. The van der Waals surface area contributed by atoms with E-state index in [9.17, 15) is 14.7 Å². The van der Waals surface area contributed by atoms with Gasteiger partial charge in [0, 0.05) is 30.7 Å². The molecule has 1 N–H and O–H groups in total. The van der Waals surface area contributed by atoms with E-state index in [0.29, 0.717) is 17.1 Å². The number of aliphatic hydroxyl groups is 1. The minimum Gasteiger partial charge on any atom is -0.503 e. The summed E-state index contributed by atoms with van der Waals surface area (Å²) < 4.78 is 6.24. The molecule has 170 valence electrons. The van der Waals surface area contributed by atoms with Crippen LogP contribution in [0.1, 0.15) is 38.4 Å². The first kappa shape index (κ1) is 23.1. The highest BCUT2D eigenvalue weighted by atomic mass is 79.9. The van der Waals surface area contributed by atoms with Crippen LogP contribution < -0.4 is 0 Å². The average Bonchev–Trinajstić information content (AvgIpc) is 3.24. The van der Waals surface area contributed by atoms with E-state index in [2.05, 4.69) is 25.8 Å². The van der Waals surface area contributed by atoms with Crippen LogP contribution in [0.4, 0.5) is 0 Å². The standard InChI is InChI=1S/C23H26BrN3O4S/c1-14-22(32-15(2)25-14)20(28)18-19(16-5-3-6-17(24)13-16)27(23(30)21(18)29)8-4-7-26-9-11-31-12-10-26/h3,5-6,13,19,29H,4,7-12H2,1-2H3/t19-/m0/s1. The molecule has 3 heterocycles. The number of aliphatic hydroxyl groups excluding tert-OH is 1. The van der Waals surface area contributed by atoms with Gasteiger partial charge in [-0.25, -0.2) is 4.98 Å². The van der Waals surface area contributed by atoms with Crippen molar-refractivity contribution >= 4 is 39.0 Å². The monoisotopic (exact) mass is 519 g/mol. The number of halogens is 1. The van der Waals surface area contributed by atoms with Crippen molar-refractivity contribution in [2.75, 3.05) is 39.4 Å². The third-order valence-corrected chi connectivity index (χ3v) is 7.36. The molecular weight excluding hydrogens is 494 g/mol. The molecule has 0 spiro atoms. The van der Waals surface area contributed by atoms with Crippen molar-refractivity contribution in [2.45, 2.75) is 26.3 Å². The van der Waals surface area contributed by atoms with E-state index in [0.717, 1.165) is 54.3 Å². The van der Waals surface area contributed by atoms with Gasteiger partial charge in [-0.3, -0.25) is 14.5 Å². The molecule has 1 saturated heterocycles. The molecule has 1 aromatic carbocycles. The largest absolute Gasteiger partial charge is 0.503 e. The Hall–Kier alpha value is -2.07. The molecule has 9 heteroatoms. The first-order chi connectivity index (χ1) is 15.4. The maximum absolute atomic E-state index is 13.5. The third kappa shape index (κ3) is 4.66. The van der Waals surface area contributed by atoms with Crippen LogP contribution in [0.15, 0.2) is 40.1 Å². The predicted octanol–water partition coefficient (Wildman–Crippen LogP) is 3.82. The number of carbonyl (C=O) groups is 2. The maximum Gasteiger partial charge on any atom is 0.290 e. The number of ketones is 1. The van der Waals surface area contributed by atoms with E-state index in [1.165, 1.54) is 11.3 Å². The van der Waals surface area contributed by atoms with Gasteiger partial charge < -0.3 is 14.7 Å². The van der Waals surface area contributed by atoms with Crippen molar-refractivity contribution < 1.29 is 19.4 Å². The Bertz CT molecular complexity index is 1060. The van der Waals surface area contributed by atoms with Crippen molar-refractivity contribution in [3.63, 3.8) is 0 Å². The summed E-state index contributed by atoms with van der Waals surface area (Å²) in [5, 5.41) is 11.6. The Morgan fingerprint density at radius 1 is 1.28 bits per heavy atom. The second-order valence-corrected chi connectivity index (χ2v) is 10.1. The Morgan fingerprint density at radius 2 is 2.03 bits per heavy atom. The highest BCUT2D eigenvalue weighted by Gasteiger charge is 2.44. The van der Waals surface area contributed by atoms with Gasteiger partial charge in [-0.1, -0.05) is 28.1 Å². The van der Waals surface area contributed by atoms with Crippen molar-refractivity contribution in [2.24, 2.45) is 0 Å². The van der Waals surface area contributed by atoms with Gasteiger partial charge >= 0.3 is 0 Å². The summed E-state index contributed by atoms with van der Waals surface area (Å²) in [6, 6.07) is 6.90. The number of morpholine rings is 1. The van der Waals surface area contributed by atoms with Crippen LogP contribution >= 0.6 is 27.3 Å². The molecule has 1 fully saturated rings. The maximum atomic E-state index is 13.5. The summed E-state index contributed by atoms with van der Waals surface area (Å²) in [6.07, 6.45) is 0.740. The molecule has 1 aromatic heterocycles. The molecule has 32 heavy (non-hydrogen) atoms. The van der Waals surface area contributed by atoms with Gasteiger partial charge in [-0.15, -0.1) is 11.3 Å². The predicted molar refractivity (Wildman–Crippen MR) is 126 cm³/mol. The van der Waals surface area contributed by atoms with Gasteiger partial charge in [0.05, 0.1) is 40.4 Å². The van der Waals surface area contributed by atoms with Gasteiger partial charge in [-0.2, -0.15) is 0 Å². The van der Waals surface area contributed by atoms with E-state index in [-0.39, 0.29) is 11.4 Å². The lowest BCUT2D eigenvalue weighted by molar-refractivity contribution is -0.129. The van der Waals surface area contributed by atoms with Crippen molar-refractivity contribution in [1.29, 1.82) is 0 Å². The van der Waals surface area contributed by atoms with Gasteiger partial charge in [0.1, 0.15) is 0 Å². The number of rotatable bonds is 7. The number of Topliss-reactive ketones (excluding diaryl/α,β-unsaturated/α-hetero) is 1. The molecule has 0 radical (unpaired) electrons. The van der Waals surface area contributed by atoms with Gasteiger partial charge in [-0.05, 0) is 38.0 Å². The number of thiazole rings is 1. The van der Waals surface area contributed by atoms with E-state index in [1.54, 1.807) is 11.8 Å². The zero-order chi connectivity index (χ0) is 22.8. The molecule has 0 aliphatic carbocycles. The summed E-state index contributed by atoms with van der Waals surface area (Å²) in [5.41, 5.74) is 1.53. The van der Waals surface area contributed by atoms with Crippen LogP contribution in [0.25, 0.3) is 0 Å². The first-order valence-corrected chi connectivity index (χ1v) is 12.3. The average molecular weight is 520 g/mol. The minimum absolute atomic E-state index is 0.131. The fourth-order valence-corrected chi connectivity index (χ4v) is 5.58. The van der Waals surface area contributed by atoms with Crippen LogP contribution in [-0.2, 0) is 9.53 Å². The Kier molecular flexibility index (Phi) is 7.09. The lowest BCUT2D eigenvalue weighted by Gasteiger charge is -2.30. The molecule has 0 unspecified atom stereocenters. The highest BCUT2D eigenvalue weighted by molar-refractivity contribution is 9.10. The zero-order valence-electron chi connectivity index (χ0n) is 18.1. The molecule has 2 aliphatic heterocycles. The van der Waals surface area contributed by atoms with E-state index < -0.39 is 17.7 Å².